The van der Waals surface area contributed by atoms with Gasteiger partial charge in [0.25, 0.3) is 0 Å². The monoisotopic (exact) mass is 249 g/mol. The highest BCUT2D eigenvalue weighted by molar-refractivity contribution is 7.98. The summed E-state index contributed by atoms with van der Waals surface area (Å²) in [4.78, 5) is 25.7. The van der Waals surface area contributed by atoms with Crippen molar-refractivity contribution in [1.29, 1.82) is 0 Å². The summed E-state index contributed by atoms with van der Waals surface area (Å²) >= 11 is 1.68. The summed E-state index contributed by atoms with van der Waals surface area (Å²) in [6, 6.07) is 7.99. The predicted octanol–water partition coefficient (Wildman–Crippen LogP) is 2.62. The summed E-state index contributed by atoms with van der Waals surface area (Å²) in [5.41, 5.74) is 1.05. The molecule has 3 nitrogen and oxygen atoms in total. The van der Waals surface area contributed by atoms with E-state index in [2.05, 4.69) is 0 Å². The third kappa shape index (κ3) is 2.36. The Morgan fingerprint density at radius 1 is 1.35 bits per heavy atom. The van der Waals surface area contributed by atoms with Gasteiger partial charge in [-0.25, -0.2) is 0 Å². The lowest BCUT2D eigenvalue weighted by molar-refractivity contribution is -0.142. The Labute approximate surface area is 105 Å². The van der Waals surface area contributed by atoms with E-state index in [1.807, 2.05) is 30.5 Å². The van der Waals surface area contributed by atoms with Gasteiger partial charge in [0.1, 0.15) is 0 Å². The molecule has 1 fully saturated rings. The van der Waals surface area contributed by atoms with Gasteiger partial charge in [-0.3, -0.25) is 14.5 Å². The number of carbonyl (C=O) groups is 2. The molecule has 1 aliphatic heterocycles. The second-order valence-electron chi connectivity index (χ2n) is 4.11. The van der Waals surface area contributed by atoms with Gasteiger partial charge in [0.05, 0.1) is 6.04 Å². The molecule has 0 saturated carbocycles. The summed E-state index contributed by atoms with van der Waals surface area (Å²) in [6.07, 6.45) is 3.22. The Hall–Kier alpha value is -1.29. The van der Waals surface area contributed by atoms with Crippen LogP contribution in [0.25, 0.3) is 0 Å². The first-order valence-electron chi connectivity index (χ1n) is 5.60. The Balaban J connectivity index is 2.26. The van der Waals surface area contributed by atoms with E-state index in [9.17, 15) is 9.59 Å². The third-order valence-electron chi connectivity index (χ3n) is 3.05. The molecule has 90 valence electrons. The van der Waals surface area contributed by atoms with Gasteiger partial charge in [-0.1, -0.05) is 12.1 Å². The van der Waals surface area contributed by atoms with Crippen LogP contribution >= 0.6 is 11.8 Å². The molecule has 0 aromatic heterocycles. The van der Waals surface area contributed by atoms with E-state index in [0.29, 0.717) is 6.42 Å². The van der Waals surface area contributed by atoms with E-state index in [4.69, 9.17) is 0 Å². The molecule has 1 saturated heterocycles. The van der Waals surface area contributed by atoms with Crippen LogP contribution in [-0.2, 0) is 9.59 Å². The molecule has 1 unspecified atom stereocenters. The van der Waals surface area contributed by atoms with Crippen molar-refractivity contribution in [2.24, 2.45) is 0 Å². The molecule has 1 atom stereocenters. The van der Waals surface area contributed by atoms with Gasteiger partial charge in [0, 0.05) is 18.2 Å². The van der Waals surface area contributed by atoms with Gasteiger partial charge in [0.15, 0.2) is 0 Å². The summed E-state index contributed by atoms with van der Waals surface area (Å²) in [5.74, 6) is -0.220. The first-order valence-corrected chi connectivity index (χ1v) is 6.82. The number of thioether (sulfide) groups is 1. The molecule has 4 heteroatoms. The lowest BCUT2D eigenvalue weighted by Crippen LogP contribution is -2.32. The Morgan fingerprint density at radius 2 is 2.00 bits per heavy atom. The highest BCUT2D eigenvalue weighted by atomic mass is 32.2. The molecule has 0 spiro atoms. The van der Waals surface area contributed by atoms with Gasteiger partial charge in [-0.15, -0.1) is 11.8 Å². The standard InChI is InChI=1S/C13H15NO2S/c1-9(15)14-12(7-8-13(14)16)10-3-5-11(17-2)6-4-10/h3-6,12H,7-8H2,1-2H3. The van der Waals surface area contributed by atoms with Crippen LogP contribution in [0.2, 0.25) is 0 Å². The topological polar surface area (TPSA) is 37.4 Å². The SMILES string of the molecule is CSc1ccc(C2CCC(=O)N2C(C)=O)cc1. The minimum atomic E-state index is -0.161. The average molecular weight is 249 g/mol. The van der Waals surface area contributed by atoms with Crippen molar-refractivity contribution in [2.45, 2.75) is 30.7 Å². The molecule has 0 N–H and O–H groups in total. The maximum Gasteiger partial charge on any atom is 0.229 e. The van der Waals surface area contributed by atoms with Crippen LogP contribution in [0.3, 0.4) is 0 Å². The van der Waals surface area contributed by atoms with Crippen molar-refractivity contribution in [2.75, 3.05) is 6.26 Å². The maximum atomic E-state index is 11.6. The van der Waals surface area contributed by atoms with Crippen LogP contribution in [-0.4, -0.2) is 23.0 Å². The largest absolute Gasteiger partial charge is 0.275 e. The van der Waals surface area contributed by atoms with Crippen LogP contribution in [0.4, 0.5) is 0 Å². The number of imide groups is 1. The summed E-state index contributed by atoms with van der Waals surface area (Å²) < 4.78 is 0. The minimum Gasteiger partial charge on any atom is -0.275 e. The number of rotatable bonds is 2. The van der Waals surface area contributed by atoms with Crippen molar-refractivity contribution in [3.63, 3.8) is 0 Å². The normalized spacial score (nSPS) is 19.8. The highest BCUT2D eigenvalue weighted by Gasteiger charge is 2.34. The zero-order chi connectivity index (χ0) is 12.4. The first kappa shape index (κ1) is 12.2. The van der Waals surface area contributed by atoms with E-state index in [-0.39, 0.29) is 17.9 Å². The van der Waals surface area contributed by atoms with E-state index >= 15 is 0 Å². The van der Waals surface area contributed by atoms with E-state index in [1.54, 1.807) is 11.8 Å². The second kappa shape index (κ2) is 4.92. The molecule has 17 heavy (non-hydrogen) atoms. The highest BCUT2D eigenvalue weighted by Crippen LogP contribution is 2.33. The molecule has 2 rings (SSSR count). The lowest BCUT2D eigenvalue weighted by Gasteiger charge is -2.21. The molecule has 2 amide bonds. The number of hydrogen-bond acceptors (Lipinski definition) is 3. The molecule has 0 aliphatic carbocycles. The Kier molecular flexibility index (Phi) is 3.52. The number of amides is 2. The third-order valence-corrected chi connectivity index (χ3v) is 3.80. The zero-order valence-corrected chi connectivity index (χ0v) is 10.8. The van der Waals surface area contributed by atoms with Crippen LogP contribution in [0.5, 0.6) is 0 Å². The van der Waals surface area contributed by atoms with Crippen LogP contribution < -0.4 is 0 Å². The van der Waals surface area contributed by atoms with Crippen LogP contribution in [0.1, 0.15) is 31.4 Å². The molecule has 1 heterocycles. The van der Waals surface area contributed by atoms with Crippen LogP contribution in [0, 0.1) is 0 Å². The molecule has 0 bridgehead atoms. The second-order valence-corrected chi connectivity index (χ2v) is 4.99. The number of hydrogen-bond donors (Lipinski definition) is 0. The van der Waals surface area contributed by atoms with Crippen LogP contribution in [0.15, 0.2) is 29.2 Å². The van der Waals surface area contributed by atoms with Crippen molar-refractivity contribution in [1.82, 2.24) is 4.90 Å². The quantitative estimate of drug-likeness (QED) is 0.756. The van der Waals surface area contributed by atoms with Gasteiger partial charge in [-0.2, -0.15) is 0 Å². The molecular formula is C13H15NO2S. The number of benzene rings is 1. The summed E-state index contributed by atoms with van der Waals surface area (Å²) in [7, 11) is 0. The lowest BCUT2D eigenvalue weighted by atomic mass is 10.0. The Morgan fingerprint density at radius 3 is 2.53 bits per heavy atom. The summed E-state index contributed by atoms with van der Waals surface area (Å²) in [5, 5.41) is 0. The fourth-order valence-corrected chi connectivity index (χ4v) is 2.63. The van der Waals surface area contributed by atoms with Gasteiger partial charge < -0.3 is 0 Å². The fourth-order valence-electron chi connectivity index (χ4n) is 2.22. The molecule has 0 radical (unpaired) electrons. The molecule has 1 aliphatic rings. The average Bonchev–Trinajstić information content (AvgIpc) is 2.71. The van der Waals surface area contributed by atoms with E-state index < -0.39 is 0 Å². The van der Waals surface area contributed by atoms with Gasteiger partial charge >= 0.3 is 0 Å². The van der Waals surface area contributed by atoms with Crippen molar-refractivity contribution in [3.8, 4) is 0 Å². The fraction of sp³-hybridized carbons (Fsp3) is 0.385. The first-order chi connectivity index (χ1) is 8.13. The number of likely N-dealkylation sites (tertiary alicyclic amines) is 1. The number of carbonyl (C=O) groups excluding carboxylic acids is 2. The molecule has 1 aromatic carbocycles. The predicted molar refractivity (Wildman–Crippen MR) is 67.7 cm³/mol. The molecule has 1 aromatic rings. The smallest absolute Gasteiger partial charge is 0.229 e. The van der Waals surface area contributed by atoms with Crippen molar-refractivity contribution >= 4 is 23.6 Å². The summed E-state index contributed by atoms with van der Waals surface area (Å²) in [6.45, 7) is 1.45. The Bertz CT molecular complexity index is 441. The maximum absolute atomic E-state index is 11.6. The number of nitrogens with zero attached hydrogens (tertiary/aromatic N) is 1. The minimum absolute atomic E-state index is 0.0588. The van der Waals surface area contributed by atoms with Crippen molar-refractivity contribution < 1.29 is 9.59 Å². The molecular weight excluding hydrogens is 234 g/mol. The van der Waals surface area contributed by atoms with Gasteiger partial charge in [-0.05, 0) is 30.4 Å². The zero-order valence-electron chi connectivity index (χ0n) is 9.97. The van der Waals surface area contributed by atoms with E-state index in [0.717, 1.165) is 12.0 Å². The van der Waals surface area contributed by atoms with Crippen molar-refractivity contribution in [3.05, 3.63) is 29.8 Å². The van der Waals surface area contributed by atoms with Gasteiger partial charge in [0.2, 0.25) is 11.8 Å². The van der Waals surface area contributed by atoms with E-state index in [1.165, 1.54) is 16.7 Å².